The summed E-state index contributed by atoms with van der Waals surface area (Å²) in [5.74, 6) is -0.424. The van der Waals surface area contributed by atoms with Crippen molar-refractivity contribution in [2.24, 2.45) is 5.92 Å². The molecule has 1 aromatic rings. The maximum Gasteiger partial charge on any atom is 0.262 e. The Morgan fingerprint density at radius 3 is 2.74 bits per heavy atom. The summed E-state index contributed by atoms with van der Waals surface area (Å²) in [7, 11) is 0. The van der Waals surface area contributed by atoms with E-state index in [2.05, 4.69) is 10.6 Å². The molecule has 1 aliphatic carbocycles. The highest BCUT2D eigenvalue weighted by Crippen LogP contribution is 2.33. The molecule has 9 heteroatoms. The Bertz CT molecular complexity index is 941. The van der Waals surface area contributed by atoms with Gasteiger partial charge in [-0.3, -0.25) is 19.2 Å². The fourth-order valence-electron chi connectivity index (χ4n) is 5.13. The number of anilines is 1. The Kier molecular flexibility index (Phi) is 5.13. The number of rotatable bonds is 4. The lowest BCUT2D eigenvalue weighted by Gasteiger charge is -2.30. The number of carbonyl (C=O) groups is 4. The topological polar surface area (TPSA) is 114 Å². The highest BCUT2D eigenvalue weighted by atomic mass is 16.5. The Labute approximate surface area is 179 Å². The number of likely N-dealkylation sites (tertiary alicyclic amines) is 1. The molecule has 3 amide bonds. The summed E-state index contributed by atoms with van der Waals surface area (Å²) in [6.45, 7) is 0.408. The summed E-state index contributed by atoms with van der Waals surface area (Å²) >= 11 is 0. The molecule has 0 unspecified atom stereocenters. The van der Waals surface area contributed by atoms with Crippen LogP contribution in [0.25, 0.3) is 0 Å². The first-order valence-electron chi connectivity index (χ1n) is 10.8. The number of hydrogen-bond acceptors (Lipinski definition) is 6. The smallest absolute Gasteiger partial charge is 0.262 e. The SMILES string of the molecule is O=C1COc2cc(C(=O)N[C@H](C(=O)N3CC[C@H]4OCC(=O)[C@H]43)C3CCCC3)ccc2N1. The van der Waals surface area contributed by atoms with Gasteiger partial charge in [-0.15, -0.1) is 0 Å². The molecule has 5 rings (SSSR count). The zero-order valence-corrected chi connectivity index (χ0v) is 17.1. The Morgan fingerprint density at radius 1 is 1.13 bits per heavy atom. The lowest BCUT2D eigenvalue weighted by Crippen LogP contribution is -2.54. The van der Waals surface area contributed by atoms with Crippen LogP contribution in [0.4, 0.5) is 5.69 Å². The molecule has 3 atom stereocenters. The highest BCUT2D eigenvalue weighted by Gasteiger charge is 2.49. The van der Waals surface area contributed by atoms with Gasteiger partial charge in [0.2, 0.25) is 5.91 Å². The van der Waals surface area contributed by atoms with Gasteiger partial charge in [-0.05, 0) is 43.4 Å². The molecule has 3 fully saturated rings. The van der Waals surface area contributed by atoms with Gasteiger partial charge in [-0.2, -0.15) is 0 Å². The number of nitrogens with zero attached hydrogens (tertiary/aromatic N) is 1. The van der Waals surface area contributed by atoms with Gasteiger partial charge in [0.25, 0.3) is 11.8 Å². The first kappa shape index (κ1) is 20.0. The predicted molar refractivity (Wildman–Crippen MR) is 109 cm³/mol. The van der Waals surface area contributed by atoms with E-state index in [1.165, 1.54) is 0 Å². The maximum absolute atomic E-state index is 13.5. The number of carbonyl (C=O) groups excluding carboxylic acids is 4. The van der Waals surface area contributed by atoms with Gasteiger partial charge in [-0.25, -0.2) is 0 Å². The van der Waals surface area contributed by atoms with Crippen LogP contribution in [0.2, 0.25) is 0 Å². The lowest BCUT2D eigenvalue weighted by molar-refractivity contribution is -0.139. The molecule has 0 radical (unpaired) electrons. The van der Waals surface area contributed by atoms with Crippen LogP contribution in [0.1, 0.15) is 42.5 Å². The number of benzene rings is 1. The number of fused-ring (bicyclic) bond motifs is 2. The van der Waals surface area contributed by atoms with Crippen molar-refractivity contribution in [3.05, 3.63) is 23.8 Å². The number of nitrogens with one attached hydrogen (secondary N) is 2. The van der Waals surface area contributed by atoms with Crippen molar-refractivity contribution in [3.63, 3.8) is 0 Å². The van der Waals surface area contributed by atoms with E-state index in [9.17, 15) is 19.2 Å². The van der Waals surface area contributed by atoms with Crippen LogP contribution < -0.4 is 15.4 Å². The lowest BCUT2D eigenvalue weighted by atomic mass is 9.95. The average Bonchev–Trinajstić information content (AvgIpc) is 3.51. The molecule has 2 N–H and O–H groups in total. The minimum Gasteiger partial charge on any atom is -0.482 e. The van der Waals surface area contributed by atoms with Gasteiger partial charge in [0.15, 0.2) is 12.4 Å². The first-order chi connectivity index (χ1) is 15.0. The molecule has 1 saturated carbocycles. The third-order valence-corrected chi connectivity index (χ3v) is 6.70. The molecule has 9 nitrogen and oxygen atoms in total. The van der Waals surface area contributed by atoms with Gasteiger partial charge < -0.3 is 25.0 Å². The van der Waals surface area contributed by atoms with Crippen LogP contribution in [0.3, 0.4) is 0 Å². The predicted octanol–water partition coefficient (Wildman–Crippen LogP) is 0.875. The summed E-state index contributed by atoms with van der Waals surface area (Å²) in [4.78, 5) is 51.9. The maximum atomic E-state index is 13.5. The fraction of sp³-hybridized carbons (Fsp3) is 0.545. The number of amides is 3. The Morgan fingerprint density at radius 2 is 1.94 bits per heavy atom. The van der Waals surface area contributed by atoms with Crippen LogP contribution in [-0.4, -0.2) is 66.4 Å². The number of ketones is 1. The van der Waals surface area contributed by atoms with E-state index >= 15 is 0 Å². The third-order valence-electron chi connectivity index (χ3n) is 6.70. The number of hydrogen-bond donors (Lipinski definition) is 2. The minimum atomic E-state index is -0.682. The second kappa shape index (κ2) is 7.96. The zero-order chi connectivity index (χ0) is 21.5. The molecule has 0 bridgehead atoms. The van der Waals surface area contributed by atoms with E-state index in [0.717, 1.165) is 25.7 Å². The quantitative estimate of drug-likeness (QED) is 0.737. The van der Waals surface area contributed by atoms with Crippen LogP contribution in [0.15, 0.2) is 18.2 Å². The van der Waals surface area contributed by atoms with E-state index in [-0.39, 0.29) is 48.7 Å². The van der Waals surface area contributed by atoms with Crippen LogP contribution in [0.5, 0.6) is 5.75 Å². The normalized spacial score (nSPS) is 26.1. The molecule has 0 aromatic heterocycles. The second-order valence-corrected chi connectivity index (χ2v) is 8.62. The molecule has 4 aliphatic rings. The molecule has 3 aliphatic heterocycles. The molecule has 1 aromatic carbocycles. The van der Waals surface area contributed by atoms with Gasteiger partial charge in [0.1, 0.15) is 24.4 Å². The minimum absolute atomic E-state index is 0.0427. The molecule has 3 heterocycles. The standard InChI is InChI=1S/C22H25N3O6/c26-15-10-30-16-7-8-25(20(15)16)22(29)19(12-3-1-2-4-12)24-21(28)13-5-6-14-17(9-13)31-11-18(27)23-14/h5-6,9,12,16,19-20H,1-4,7-8,10-11H2,(H,23,27)(H,24,28)/t16-,19+,20-/m1/s1. The van der Waals surface area contributed by atoms with Gasteiger partial charge in [0.05, 0.1) is 11.8 Å². The average molecular weight is 427 g/mol. The summed E-state index contributed by atoms with van der Waals surface area (Å²) < 4.78 is 10.9. The van der Waals surface area contributed by atoms with Crippen molar-refractivity contribution in [3.8, 4) is 5.75 Å². The summed E-state index contributed by atoms with van der Waals surface area (Å²) in [6.07, 6.45) is 4.17. The molecule has 2 saturated heterocycles. The van der Waals surface area contributed by atoms with E-state index in [1.54, 1.807) is 23.1 Å². The van der Waals surface area contributed by atoms with Gasteiger partial charge in [-0.1, -0.05) is 12.8 Å². The first-order valence-corrected chi connectivity index (χ1v) is 10.8. The highest BCUT2D eigenvalue weighted by molar-refractivity contribution is 6.01. The van der Waals surface area contributed by atoms with E-state index in [0.29, 0.717) is 30.0 Å². The fourth-order valence-corrected chi connectivity index (χ4v) is 5.13. The summed E-state index contributed by atoms with van der Waals surface area (Å²) in [5.41, 5.74) is 0.865. The van der Waals surface area contributed by atoms with Gasteiger partial charge in [0, 0.05) is 12.1 Å². The zero-order valence-electron chi connectivity index (χ0n) is 17.1. The summed E-state index contributed by atoms with van der Waals surface area (Å²) in [5, 5.41) is 5.63. The van der Waals surface area contributed by atoms with Crippen LogP contribution in [-0.2, 0) is 19.1 Å². The molecule has 0 spiro atoms. The van der Waals surface area contributed by atoms with Crippen molar-refractivity contribution in [2.75, 3.05) is 25.1 Å². The summed E-state index contributed by atoms with van der Waals surface area (Å²) in [6, 6.07) is 3.57. The molecule has 31 heavy (non-hydrogen) atoms. The Balaban J connectivity index is 1.36. The van der Waals surface area contributed by atoms with E-state index in [4.69, 9.17) is 9.47 Å². The largest absolute Gasteiger partial charge is 0.482 e. The van der Waals surface area contributed by atoms with Crippen molar-refractivity contribution < 1.29 is 28.7 Å². The van der Waals surface area contributed by atoms with Crippen molar-refractivity contribution in [1.82, 2.24) is 10.2 Å². The number of Topliss-reactive ketones (excluding diaryl/α,β-unsaturated/α-hetero) is 1. The van der Waals surface area contributed by atoms with Gasteiger partial charge >= 0.3 is 0 Å². The number of ether oxygens (including phenoxy) is 2. The van der Waals surface area contributed by atoms with Crippen molar-refractivity contribution in [1.29, 1.82) is 0 Å². The molecular weight excluding hydrogens is 402 g/mol. The van der Waals surface area contributed by atoms with E-state index < -0.39 is 12.1 Å². The second-order valence-electron chi connectivity index (χ2n) is 8.62. The Hall–Kier alpha value is -2.94. The third kappa shape index (κ3) is 3.67. The van der Waals surface area contributed by atoms with Crippen LogP contribution >= 0.6 is 0 Å². The van der Waals surface area contributed by atoms with Crippen LogP contribution in [0, 0.1) is 5.92 Å². The monoisotopic (exact) mass is 427 g/mol. The molecular formula is C22H25N3O6. The van der Waals surface area contributed by atoms with Crippen molar-refractivity contribution >= 4 is 29.2 Å². The van der Waals surface area contributed by atoms with E-state index in [1.807, 2.05) is 0 Å². The molecule has 164 valence electrons. The van der Waals surface area contributed by atoms with Crippen molar-refractivity contribution in [2.45, 2.75) is 50.3 Å².